The molecule has 0 aliphatic heterocycles. The Morgan fingerprint density at radius 3 is 2.85 bits per heavy atom. The van der Waals surface area contributed by atoms with Crippen LogP contribution in [0.5, 0.6) is 0 Å². The number of ether oxygens (including phenoxy) is 1. The molecule has 1 unspecified atom stereocenters. The third-order valence-corrected chi connectivity index (χ3v) is 4.09. The van der Waals surface area contributed by atoms with Gasteiger partial charge in [-0.3, -0.25) is 0 Å². The SMILES string of the molecule is CCN(CC)CCCNCC(O)COCc1cccs1. The summed E-state index contributed by atoms with van der Waals surface area (Å²) in [5, 5.41) is 15.1. The number of rotatable bonds is 12. The second kappa shape index (κ2) is 11.2. The first-order valence-corrected chi connectivity index (χ1v) is 8.35. The molecule has 0 aromatic carbocycles. The Balaban J connectivity index is 1.93. The average molecular weight is 300 g/mol. The number of hydrogen-bond donors (Lipinski definition) is 2. The van der Waals surface area contributed by atoms with Crippen molar-refractivity contribution in [1.82, 2.24) is 10.2 Å². The molecule has 5 heteroatoms. The summed E-state index contributed by atoms with van der Waals surface area (Å²) in [4.78, 5) is 3.60. The van der Waals surface area contributed by atoms with E-state index >= 15 is 0 Å². The summed E-state index contributed by atoms with van der Waals surface area (Å²) in [5.41, 5.74) is 0. The first-order valence-electron chi connectivity index (χ1n) is 7.47. The summed E-state index contributed by atoms with van der Waals surface area (Å²) in [6.45, 7) is 10.2. The van der Waals surface area contributed by atoms with Gasteiger partial charge in [-0.2, -0.15) is 0 Å². The molecular formula is C15H28N2O2S. The topological polar surface area (TPSA) is 44.7 Å². The molecule has 0 saturated carbocycles. The number of thiophene rings is 1. The molecule has 0 aliphatic rings. The van der Waals surface area contributed by atoms with E-state index < -0.39 is 6.10 Å². The Hall–Kier alpha value is -0.460. The molecule has 0 spiro atoms. The summed E-state index contributed by atoms with van der Waals surface area (Å²) >= 11 is 1.68. The van der Waals surface area contributed by atoms with Crippen LogP contribution in [0.1, 0.15) is 25.1 Å². The van der Waals surface area contributed by atoms with Crippen LogP contribution < -0.4 is 5.32 Å². The lowest BCUT2D eigenvalue weighted by atomic mass is 10.3. The monoisotopic (exact) mass is 300 g/mol. The van der Waals surface area contributed by atoms with Gasteiger partial charge in [-0.05, 0) is 44.0 Å². The largest absolute Gasteiger partial charge is 0.389 e. The third-order valence-electron chi connectivity index (χ3n) is 3.24. The van der Waals surface area contributed by atoms with Crippen LogP contribution in [0.15, 0.2) is 17.5 Å². The van der Waals surface area contributed by atoms with E-state index in [4.69, 9.17) is 4.74 Å². The van der Waals surface area contributed by atoms with E-state index in [0.29, 0.717) is 19.8 Å². The Morgan fingerprint density at radius 1 is 1.40 bits per heavy atom. The van der Waals surface area contributed by atoms with Gasteiger partial charge in [-0.25, -0.2) is 0 Å². The van der Waals surface area contributed by atoms with Crippen molar-refractivity contribution in [2.45, 2.75) is 33.0 Å². The second-order valence-corrected chi connectivity index (χ2v) is 5.87. The zero-order chi connectivity index (χ0) is 14.6. The van der Waals surface area contributed by atoms with Gasteiger partial charge in [0.25, 0.3) is 0 Å². The molecule has 0 fully saturated rings. The van der Waals surface area contributed by atoms with Gasteiger partial charge in [0, 0.05) is 11.4 Å². The lowest BCUT2D eigenvalue weighted by molar-refractivity contribution is 0.0298. The molecule has 4 nitrogen and oxygen atoms in total. The van der Waals surface area contributed by atoms with Crippen molar-refractivity contribution < 1.29 is 9.84 Å². The Morgan fingerprint density at radius 2 is 2.20 bits per heavy atom. The van der Waals surface area contributed by atoms with Gasteiger partial charge >= 0.3 is 0 Å². The van der Waals surface area contributed by atoms with Crippen molar-refractivity contribution >= 4 is 11.3 Å². The highest BCUT2D eigenvalue weighted by Crippen LogP contribution is 2.09. The number of aliphatic hydroxyl groups excluding tert-OH is 1. The van der Waals surface area contributed by atoms with Crippen molar-refractivity contribution in [3.05, 3.63) is 22.4 Å². The van der Waals surface area contributed by atoms with E-state index in [9.17, 15) is 5.11 Å². The van der Waals surface area contributed by atoms with Gasteiger partial charge < -0.3 is 20.1 Å². The molecule has 0 amide bonds. The molecule has 1 aromatic rings. The third kappa shape index (κ3) is 7.97. The fourth-order valence-electron chi connectivity index (χ4n) is 1.99. The maximum Gasteiger partial charge on any atom is 0.0897 e. The molecule has 0 saturated heterocycles. The summed E-state index contributed by atoms with van der Waals surface area (Å²) < 4.78 is 5.48. The highest BCUT2D eigenvalue weighted by atomic mass is 32.1. The van der Waals surface area contributed by atoms with Crippen LogP contribution in [0.4, 0.5) is 0 Å². The number of nitrogens with zero attached hydrogens (tertiary/aromatic N) is 1. The van der Waals surface area contributed by atoms with Crippen molar-refractivity contribution in [3.8, 4) is 0 Å². The van der Waals surface area contributed by atoms with E-state index in [1.54, 1.807) is 11.3 Å². The van der Waals surface area contributed by atoms with Crippen LogP contribution >= 0.6 is 11.3 Å². The first-order chi connectivity index (χ1) is 9.76. The van der Waals surface area contributed by atoms with Gasteiger partial charge in [0.05, 0.1) is 19.3 Å². The van der Waals surface area contributed by atoms with Gasteiger partial charge in [0.2, 0.25) is 0 Å². The number of hydrogen-bond acceptors (Lipinski definition) is 5. The standard InChI is InChI=1S/C15H28N2O2S/c1-3-17(4-2)9-6-8-16-11-14(18)12-19-13-15-7-5-10-20-15/h5,7,10,14,16,18H,3-4,6,8-9,11-13H2,1-2H3. The highest BCUT2D eigenvalue weighted by molar-refractivity contribution is 7.09. The smallest absolute Gasteiger partial charge is 0.0897 e. The van der Waals surface area contributed by atoms with Gasteiger partial charge in [-0.1, -0.05) is 19.9 Å². The van der Waals surface area contributed by atoms with E-state index in [0.717, 1.165) is 32.6 Å². The zero-order valence-electron chi connectivity index (χ0n) is 12.7. The van der Waals surface area contributed by atoms with Crippen molar-refractivity contribution in [1.29, 1.82) is 0 Å². The molecule has 1 rings (SSSR count). The summed E-state index contributed by atoms with van der Waals surface area (Å²) in [5.74, 6) is 0. The molecule has 0 radical (unpaired) electrons. The zero-order valence-corrected chi connectivity index (χ0v) is 13.5. The van der Waals surface area contributed by atoms with Crippen molar-refractivity contribution in [3.63, 3.8) is 0 Å². The van der Waals surface area contributed by atoms with Crippen molar-refractivity contribution in [2.24, 2.45) is 0 Å². The minimum atomic E-state index is -0.427. The van der Waals surface area contributed by atoms with E-state index in [2.05, 4.69) is 24.1 Å². The minimum Gasteiger partial charge on any atom is -0.389 e. The van der Waals surface area contributed by atoms with Crippen LogP contribution in [0.25, 0.3) is 0 Å². The quantitative estimate of drug-likeness (QED) is 0.579. The maximum atomic E-state index is 9.78. The van der Waals surface area contributed by atoms with Crippen LogP contribution in [0, 0.1) is 0 Å². The Labute approximate surface area is 126 Å². The maximum absolute atomic E-state index is 9.78. The van der Waals surface area contributed by atoms with Crippen molar-refractivity contribution in [2.75, 3.05) is 39.3 Å². The fourth-order valence-corrected chi connectivity index (χ4v) is 2.63. The Kier molecular flexibility index (Phi) is 9.87. The molecule has 0 bridgehead atoms. The molecule has 1 aromatic heterocycles. The molecule has 1 heterocycles. The van der Waals surface area contributed by atoms with E-state index in [1.807, 2.05) is 17.5 Å². The second-order valence-electron chi connectivity index (χ2n) is 4.83. The molecule has 0 aliphatic carbocycles. The summed E-state index contributed by atoms with van der Waals surface area (Å²) in [6.07, 6.45) is 0.688. The molecule has 1 atom stereocenters. The lowest BCUT2D eigenvalue weighted by Crippen LogP contribution is -2.33. The summed E-state index contributed by atoms with van der Waals surface area (Å²) in [7, 11) is 0. The van der Waals surface area contributed by atoms with Crippen LogP contribution in [0.2, 0.25) is 0 Å². The normalized spacial score (nSPS) is 13.0. The minimum absolute atomic E-state index is 0.390. The predicted molar refractivity (Wildman–Crippen MR) is 85.3 cm³/mol. The number of nitrogens with one attached hydrogen (secondary N) is 1. The van der Waals surface area contributed by atoms with Crippen LogP contribution in [-0.4, -0.2) is 55.4 Å². The lowest BCUT2D eigenvalue weighted by Gasteiger charge is -2.18. The molecular weight excluding hydrogens is 272 g/mol. The van der Waals surface area contributed by atoms with Crippen LogP contribution in [0.3, 0.4) is 0 Å². The van der Waals surface area contributed by atoms with Gasteiger partial charge in [-0.15, -0.1) is 11.3 Å². The van der Waals surface area contributed by atoms with Gasteiger partial charge in [0.1, 0.15) is 0 Å². The first kappa shape index (κ1) is 17.6. The Bertz CT molecular complexity index is 316. The highest BCUT2D eigenvalue weighted by Gasteiger charge is 2.04. The fraction of sp³-hybridized carbons (Fsp3) is 0.733. The van der Waals surface area contributed by atoms with Crippen LogP contribution in [-0.2, 0) is 11.3 Å². The average Bonchev–Trinajstić information content (AvgIpc) is 2.96. The number of aliphatic hydroxyl groups is 1. The molecule has 116 valence electrons. The predicted octanol–water partition coefficient (Wildman–Crippen LogP) is 1.95. The van der Waals surface area contributed by atoms with E-state index in [1.165, 1.54) is 4.88 Å². The summed E-state index contributed by atoms with van der Waals surface area (Å²) in [6, 6.07) is 4.06. The van der Waals surface area contributed by atoms with E-state index in [-0.39, 0.29) is 0 Å². The van der Waals surface area contributed by atoms with Gasteiger partial charge in [0.15, 0.2) is 0 Å². The molecule has 2 N–H and O–H groups in total. The molecule has 20 heavy (non-hydrogen) atoms.